The molecule has 0 unspecified atom stereocenters. The van der Waals surface area contributed by atoms with Gasteiger partial charge in [-0.3, -0.25) is 14.4 Å². The number of carboxylic acids is 1. The molecule has 0 aliphatic carbocycles. The summed E-state index contributed by atoms with van der Waals surface area (Å²) in [4.78, 5) is 45.7. The Morgan fingerprint density at radius 1 is 1.11 bits per heavy atom. The molecular formula is C16H22N4O6S. The van der Waals surface area contributed by atoms with E-state index in [1.165, 1.54) is 12.1 Å². The Kier molecular flexibility index (Phi) is 9.09. The first-order chi connectivity index (χ1) is 12.8. The summed E-state index contributed by atoms with van der Waals surface area (Å²) in [5.41, 5.74) is 11.5. The average molecular weight is 398 g/mol. The molecule has 148 valence electrons. The van der Waals surface area contributed by atoms with Crippen LogP contribution in [0.3, 0.4) is 0 Å². The van der Waals surface area contributed by atoms with Crippen molar-refractivity contribution in [2.24, 2.45) is 11.5 Å². The Morgan fingerprint density at radius 2 is 1.74 bits per heavy atom. The molecule has 27 heavy (non-hydrogen) atoms. The molecule has 1 rings (SSSR count). The van der Waals surface area contributed by atoms with Crippen LogP contribution in [0.25, 0.3) is 0 Å². The first-order valence-corrected chi connectivity index (χ1v) is 8.53. The van der Waals surface area contributed by atoms with Crippen molar-refractivity contribution in [1.29, 1.82) is 0 Å². The summed E-state index contributed by atoms with van der Waals surface area (Å²) in [5, 5.41) is 13.4. The SMILES string of the molecule is NC[C@H](NC(=O)CS)C(=O)N[C@@H](Cc1ccc(OCC(=O)O)cc1)C(N)=O. The maximum absolute atomic E-state index is 12.2. The molecule has 1 aromatic carbocycles. The maximum atomic E-state index is 12.2. The number of benzene rings is 1. The predicted molar refractivity (Wildman–Crippen MR) is 99.2 cm³/mol. The van der Waals surface area contributed by atoms with Crippen LogP contribution in [0.1, 0.15) is 5.56 Å². The van der Waals surface area contributed by atoms with Crippen molar-refractivity contribution in [2.45, 2.75) is 18.5 Å². The Balaban J connectivity index is 2.73. The van der Waals surface area contributed by atoms with Crippen LogP contribution in [0.4, 0.5) is 0 Å². The molecule has 0 saturated carbocycles. The van der Waals surface area contributed by atoms with Crippen LogP contribution in [-0.2, 0) is 25.6 Å². The van der Waals surface area contributed by atoms with Gasteiger partial charge in [0.2, 0.25) is 17.7 Å². The number of primary amides is 1. The van der Waals surface area contributed by atoms with Crippen molar-refractivity contribution in [1.82, 2.24) is 10.6 Å². The third-order valence-corrected chi connectivity index (χ3v) is 3.70. The van der Waals surface area contributed by atoms with E-state index in [0.29, 0.717) is 11.3 Å². The van der Waals surface area contributed by atoms with Gasteiger partial charge in [0.15, 0.2) is 6.61 Å². The Labute approximate surface area is 161 Å². The molecule has 3 amide bonds. The van der Waals surface area contributed by atoms with Gasteiger partial charge in [0, 0.05) is 13.0 Å². The third-order valence-electron chi connectivity index (χ3n) is 3.42. The fourth-order valence-corrected chi connectivity index (χ4v) is 2.16. The van der Waals surface area contributed by atoms with Crippen LogP contribution in [0.15, 0.2) is 24.3 Å². The van der Waals surface area contributed by atoms with Crippen molar-refractivity contribution < 1.29 is 29.0 Å². The number of nitrogens with one attached hydrogen (secondary N) is 2. The number of hydrogen-bond donors (Lipinski definition) is 6. The van der Waals surface area contributed by atoms with Crippen molar-refractivity contribution >= 4 is 36.3 Å². The molecule has 10 nitrogen and oxygen atoms in total. The highest BCUT2D eigenvalue weighted by Crippen LogP contribution is 2.13. The standard InChI is InChI=1S/C16H22N4O6S/c17-6-12(19-13(21)8-27)16(25)20-11(15(18)24)5-9-1-3-10(4-2-9)26-7-14(22)23/h1-4,11-12,27H,5-8,17H2,(H2,18,24)(H,19,21)(H,20,25)(H,22,23)/t11-,12-/m0/s1. The molecule has 1 aromatic rings. The first-order valence-electron chi connectivity index (χ1n) is 7.90. The maximum Gasteiger partial charge on any atom is 0.341 e. The summed E-state index contributed by atoms with van der Waals surface area (Å²) in [6.45, 7) is -0.635. The van der Waals surface area contributed by atoms with E-state index >= 15 is 0 Å². The van der Waals surface area contributed by atoms with Gasteiger partial charge in [-0.1, -0.05) is 12.1 Å². The fourth-order valence-electron chi connectivity index (χ4n) is 2.07. The minimum atomic E-state index is -1.10. The molecule has 0 heterocycles. The topological polar surface area (TPSA) is 174 Å². The summed E-state index contributed by atoms with van der Waals surface area (Å²) in [6, 6.07) is 4.26. The number of rotatable bonds is 11. The minimum Gasteiger partial charge on any atom is -0.482 e. The highest BCUT2D eigenvalue weighted by Gasteiger charge is 2.24. The second-order valence-corrected chi connectivity index (χ2v) is 5.82. The largest absolute Gasteiger partial charge is 0.482 e. The molecule has 0 aliphatic heterocycles. The molecule has 0 spiro atoms. The normalized spacial score (nSPS) is 12.5. The molecule has 0 aromatic heterocycles. The number of ether oxygens (including phenoxy) is 1. The van der Waals surface area contributed by atoms with E-state index in [4.69, 9.17) is 21.3 Å². The quantitative estimate of drug-likeness (QED) is 0.235. The highest BCUT2D eigenvalue weighted by molar-refractivity contribution is 7.81. The smallest absolute Gasteiger partial charge is 0.341 e. The zero-order valence-corrected chi connectivity index (χ0v) is 15.3. The lowest BCUT2D eigenvalue weighted by molar-refractivity contribution is -0.139. The van der Waals surface area contributed by atoms with Crippen LogP contribution in [0.5, 0.6) is 5.75 Å². The van der Waals surface area contributed by atoms with Crippen LogP contribution in [-0.4, -0.2) is 59.8 Å². The summed E-state index contributed by atoms with van der Waals surface area (Å²) in [7, 11) is 0. The number of amides is 3. The van der Waals surface area contributed by atoms with Gasteiger partial charge in [-0.15, -0.1) is 0 Å². The van der Waals surface area contributed by atoms with Gasteiger partial charge < -0.3 is 31.9 Å². The predicted octanol–water partition coefficient (Wildman–Crippen LogP) is -1.96. The zero-order valence-electron chi connectivity index (χ0n) is 14.4. The fraction of sp³-hybridized carbons (Fsp3) is 0.375. The van der Waals surface area contributed by atoms with E-state index in [0.717, 1.165) is 0 Å². The number of carboxylic acid groups (broad SMARTS) is 1. The van der Waals surface area contributed by atoms with Crippen LogP contribution < -0.4 is 26.8 Å². The van der Waals surface area contributed by atoms with E-state index in [1.54, 1.807) is 12.1 Å². The van der Waals surface area contributed by atoms with Crippen LogP contribution >= 0.6 is 12.6 Å². The number of nitrogens with two attached hydrogens (primary N) is 2. The highest BCUT2D eigenvalue weighted by atomic mass is 32.1. The van der Waals surface area contributed by atoms with E-state index in [2.05, 4.69) is 23.3 Å². The lowest BCUT2D eigenvalue weighted by Gasteiger charge is -2.21. The van der Waals surface area contributed by atoms with E-state index in [9.17, 15) is 19.2 Å². The van der Waals surface area contributed by atoms with Crippen LogP contribution in [0, 0.1) is 0 Å². The molecule has 0 bridgehead atoms. The zero-order chi connectivity index (χ0) is 20.4. The Morgan fingerprint density at radius 3 is 2.22 bits per heavy atom. The second-order valence-electron chi connectivity index (χ2n) is 5.51. The van der Waals surface area contributed by atoms with Gasteiger partial charge in [0.1, 0.15) is 17.8 Å². The Bertz CT molecular complexity index is 682. The van der Waals surface area contributed by atoms with E-state index < -0.39 is 42.4 Å². The lowest BCUT2D eigenvalue weighted by Crippen LogP contribution is -2.56. The molecular weight excluding hydrogens is 376 g/mol. The minimum absolute atomic E-state index is 0.0953. The Hall–Kier alpha value is -2.79. The molecule has 11 heteroatoms. The molecule has 0 fully saturated rings. The number of aliphatic carboxylic acids is 1. The number of thiol groups is 1. The van der Waals surface area contributed by atoms with Gasteiger partial charge in [0.25, 0.3) is 0 Å². The summed E-state index contributed by atoms with van der Waals surface area (Å²) in [6.07, 6.45) is 0.0953. The first kappa shape index (κ1) is 22.3. The summed E-state index contributed by atoms with van der Waals surface area (Å²) >= 11 is 3.80. The number of hydrogen-bond acceptors (Lipinski definition) is 7. The van der Waals surface area contributed by atoms with Crippen molar-refractivity contribution in [3.8, 4) is 5.75 Å². The second kappa shape index (κ2) is 11.0. The summed E-state index contributed by atoms with van der Waals surface area (Å²) in [5.74, 6) is -2.74. The molecule has 0 radical (unpaired) electrons. The number of carbonyl (C=O) groups excluding carboxylic acids is 3. The average Bonchev–Trinajstić information content (AvgIpc) is 2.64. The monoisotopic (exact) mass is 398 g/mol. The molecule has 7 N–H and O–H groups in total. The van der Waals surface area contributed by atoms with Gasteiger partial charge >= 0.3 is 5.97 Å². The van der Waals surface area contributed by atoms with Crippen LogP contribution in [0.2, 0.25) is 0 Å². The van der Waals surface area contributed by atoms with Gasteiger partial charge in [-0.25, -0.2) is 4.79 Å². The van der Waals surface area contributed by atoms with Crippen molar-refractivity contribution in [3.05, 3.63) is 29.8 Å². The van der Waals surface area contributed by atoms with Gasteiger partial charge in [0.05, 0.1) is 5.75 Å². The van der Waals surface area contributed by atoms with Gasteiger partial charge in [-0.2, -0.15) is 12.6 Å². The van der Waals surface area contributed by atoms with Crippen molar-refractivity contribution in [2.75, 3.05) is 18.9 Å². The van der Waals surface area contributed by atoms with E-state index in [1.807, 2.05) is 0 Å². The summed E-state index contributed by atoms with van der Waals surface area (Å²) < 4.78 is 5.01. The lowest BCUT2D eigenvalue weighted by atomic mass is 10.0. The third kappa shape index (κ3) is 7.96. The van der Waals surface area contributed by atoms with Gasteiger partial charge in [-0.05, 0) is 17.7 Å². The molecule has 0 aliphatic rings. The number of carbonyl (C=O) groups is 4. The molecule has 2 atom stereocenters. The van der Waals surface area contributed by atoms with Crippen molar-refractivity contribution in [3.63, 3.8) is 0 Å². The van der Waals surface area contributed by atoms with E-state index in [-0.39, 0.29) is 18.7 Å². The molecule has 0 saturated heterocycles.